The highest BCUT2D eigenvalue weighted by Gasteiger charge is 2.19. The molecule has 0 unspecified atom stereocenters. The van der Waals surface area contributed by atoms with Crippen molar-refractivity contribution in [2.24, 2.45) is 0 Å². The van der Waals surface area contributed by atoms with Gasteiger partial charge in [0.15, 0.2) is 0 Å². The van der Waals surface area contributed by atoms with E-state index in [1.165, 1.54) is 5.39 Å². The van der Waals surface area contributed by atoms with E-state index in [4.69, 9.17) is 0 Å². The van der Waals surface area contributed by atoms with E-state index in [1.54, 1.807) is 0 Å². The lowest BCUT2D eigenvalue weighted by Crippen LogP contribution is -2.31. The largest absolute Gasteiger partial charge is 0.387 e. The zero-order valence-electron chi connectivity index (χ0n) is 10.6. The van der Waals surface area contributed by atoms with Gasteiger partial charge in [-0.15, -0.1) is 0 Å². The first kappa shape index (κ1) is 12.1. The van der Waals surface area contributed by atoms with Crippen LogP contribution in [0.2, 0.25) is 0 Å². The Morgan fingerprint density at radius 3 is 2.35 bits per heavy atom. The maximum atomic E-state index is 10.4. The Kier molecular flexibility index (Phi) is 3.46. The van der Waals surface area contributed by atoms with Crippen LogP contribution < -0.4 is 0 Å². The highest BCUT2D eigenvalue weighted by atomic mass is 16.3. The Morgan fingerprint density at radius 2 is 1.65 bits per heavy atom. The third-order valence-corrected chi connectivity index (χ3v) is 3.41. The minimum absolute atomic E-state index is 0.0980. The van der Waals surface area contributed by atoms with Crippen molar-refractivity contribution >= 4 is 10.8 Å². The quantitative estimate of drug-likeness (QED) is 0.874. The number of benzene rings is 2. The van der Waals surface area contributed by atoms with E-state index in [1.807, 2.05) is 50.2 Å². The first-order valence-corrected chi connectivity index (χ1v) is 5.93. The van der Waals surface area contributed by atoms with Gasteiger partial charge in [-0.3, -0.25) is 0 Å². The van der Waals surface area contributed by atoms with Crippen LogP contribution in [0, 0.1) is 0 Å². The average molecular weight is 229 g/mol. The van der Waals surface area contributed by atoms with Crippen molar-refractivity contribution in [3.8, 4) is 0 Å². The minimum atomic E-state index is -0.462. The summed E-state index contributed by atoms with van der Waals surface area (Å²) in [5.41, 5.74) is 1.00. The van der Waals surface area contributed by atoms with Crippen LogP contribution in [-0.2, 0) is 0 Å². The van der Waals surface area contributed by atoms with E-state index in [0.29, 0.717) is 0 Å². The molecule has 2 aromatic carbocycles. The van der Waals surface area contributed by atoms with E-state index in [-0.39, 0.29) is 6.04 Å². The summed E-state index contributed by atoms with van der Waals surface area (Å²) in [5, 5.41) is 12.7. The molecule has 0 radical (unpaired) electrons. The summed E-state index contributed by atoms with van der Waals surface area (Å²) >= 11 is 0. The van der Waals surface area contributed by atoms with Crippen molar-refractivity contribution < 1.29 is 5.11 Å². The number of fused-ring (bicyclic) bond motifs is 1. The average Bonchev–Trinajstić information content (AvgIpc) is 2.36. The number of hydrogen-bond acceptors (Lipinski definition) is 2. The summed E-state index contributed by atoms with van der Waals surface area (Å²) < 4.78 is 0. The van der Waals surface area contributed by atoms with Gasteiger partial charge >= 0.3 is 0 Å². The number of likely N-dealkylation sites (N-methyl/N-ethyl adjacent to an activating group) is 1. The number of aliphatic hydroxyl groups excluding tert-OH is 1. The van der Waals surface area contributed by atoms with E-state index in [2.05, 4.69) is 18.2 Å². The lowest BCUT2D eigenvalue weighted by atomic mass is 9.96. The molecule has 0 spiro atoms. The molecule has 1 N–H and O–H groups in total. The summed E-state index contributed by atoms with van der Waals surface area (Å²) in [6.45, 7) is 2.03. The van der Waals surface area contributed by atoms with Crippen LogP contribution in [0.5, 0.6) is 0 Å². The molecule has 2 heteroatoms. The highest BCUT2D eigenvalue weighted by Crippen LogP contribution is 2.27. The van der Waals surface area contributed by atoms with Crippen molar-refractivity contribution in [3.05, 3.63) is 48.0 Å². The standard InChI is InChI=1S/C15H19NO/c1-11(16(2)3)15(17)14-10-6-8-12-7-4-5-9-13(12)14/h4-11,15,17H,1-3H3/t11-,15+/m0/s1. The van der Waals surface area contributed by atoms with Gasteiger partial charge in [-0.1, -0.05) is 42.5 Å². The highest BCUT2D eigenvalue weighted by molar-refractivity contribution is 5.86. The summed E-state index contributed by atoms with van der Waals surface area (Å²) in [6, 6.07) is 14.4. The lowest BCUT2D eigenvalue weighted by molar-refractivity contribution is 0.0870. The number of aliphatic hydroxyl groups is 1. The number of hydrogen-bond donors (Lipinski definition) is 1. The van der Waals surface area contributed by atoms with Crippen LogP contribution in [0.1, 0.15) is 18.6 Å². The molecule has 2 nitrogen and oxygen atoms in total. The third kappa shape index (κ3) is 2.33. The topological polar surface area (TPSA) is 23.5 Å². The molecular formula is C15H19NO. The molecule has 0 amide bonds. The minimum Gasteiger partial charge on any atom is -0.387 e. The van der Waals surface area contributed by atoms with Gasteiger partial charge in [0.05, 0.1) is 6.10 Å². The predicted molar refractivity (Wildman–Crippen MR) is 72.1 cm³/mol. The normalized spacial score (nSPS) is 15.1. The first-order valence-electron chi connectivity index (χ1n) is 5.93. The van der Waals surface area contributed by atoms with Crippen LogP contribution in [-0.4, -0.2) is 30.1 Å². The maximum absolute atomic E-state index is 10.4. The Labute approximate surface area is 102 Å². The summed E-state index contributed by atoms with van der Waals surface area (Å²) in [4.78, 5) is 2.03. The van der Waals surface area contributed by atoms with Gasteiger partial charge in [-0.25, -0.2) is 0 Å². The Hall–Kier alpha value is -1.38. The monoisotopic (exact) mass is 229 g/mol. The fraction of sp³-hybridized carbons (Fsp3) is 0.333. The van der Waals surface area contributed by atoms with Gasteiger partial charge in [0, 0.05) is 6.04 Å². The number of rotatable bonds is 3. The van der Waals surface area contributed by atoms with E-state index in [0.717, 1.165) is 10.9 Å². The van der Waals surface area contributed by atoms with Crippen molar-refractivity contribution in [1.29, 1.82) is 0 Å². The molecule has 0 saturated heterocycles. The van der Waals surface area contributed by atoms with Crippen LogP contribution in [0.4, 0.5) is 0 Å². The van der Waals surface area contributed by atoms with Gasteiger partial charge in [0.2, 0.25) is 0 Å². The van der Waals surface area contributed by atoms with Crippen molar-refractivity contribution in [1.82, 2.24) is 4.90 Å². The molecule has 0 saturated carbocycles. The molecule has 2 aromatic rings. The van der Waals surface area contributed by atoms with Gasteiger partial charge < -0.3 is 10.0 Å². The van der Waals surface area contributed by atoms with Crippen molar-refractivity contribution in [2.75, 3.05) is 14.1 Å². The lowest BCUT2D eigenvalue weighted by Gasteiger charge is -2.26. The zero-order valence-corrected chi connectivity index (χ0v) is 10.6. The van der Waals surface area contributed by atoms with Crippen molar-refractivity contribution in [3.63, 3.8) is 0 Å². The molecule has 2 rings (SSSR count). The summed E-state index contributed by atoms with van der Waals surface area (Å²) in [6.07, 6.45) is -0.462. The number of nitrogens with zero attached hydrogens (tertiary/aromatic N) is 1. The van der Waals surface area contributed by atoms with Crippen LogP contribution in [0.3, 0.4) is 0 Å². The third-order valence-electron chi connectivity index (χ3n) is 3.41. The molecule has 0 fully saturated rings. The van der Waals surface area contributed by atoms with Gasteiger partial charge in [0.25, 0.3) is 0 Å². The molecule has 0 aromatic heterocycles. The second-order valence-electron chi connectivity index (χ2n) is 4.72. The van der Waals surface area contributed by atoms with E-state index in [9.17, 15) is 5.11 Å². The zero-order chi connectivity index (χ0) is 12.4. The second kappa shape index (κ2) is 4.86. The van der Waals surface area contributed by atoms with Gasteiger partial charge in [0.1, 0.15) is 0 Å². The Bertz CT molecular complexity index is 502. The van der Waals surface area contributed by atoms with Crippen LogP contribution in [0.25, 0.3) is 10.8 Å². The molecule has 0 heterocycles. The molecule has 17 heavy (non-hydrogen) atoms. The SMILES string of the molecule is C[C@@H]([C@@H](O)c1cccc2ccccc12)N(C)C. The van der Waals surface area contributed by atoms with E-state index >= 15 is 0 Å². The predicted octanol–water partition coefficient (Wildman–Crippen LogP) is 2.82. The molecule has 0 bridgehead atoms. The Balaban J connectivity index is 2.48. The van der Waals surface area contributed by atoms with Crippen LogP contribution >= 0.6 is 0 Å². The summed E-state index contributed by atoms with van der Waals surface area (Å²) in [5.74, 6) is 0. The molecule has 2 atom stereocenters. The fourth-order valence-corrected chi connectivity index (χ4v) is 2.05. The summed E-state index contributed by atoms with van der Waals surface area (Å²) in [7, 11) is 3.97. The molecular weight excluding hydrogens is 210 g/mol. The second-order valence-corrected chi connectivity index (χ2v) is 4.72. The maximum Gasteiger partial charge on any atom is 0.0948 e. The first-order chi connectivity index (χ1) is 8.11. The molecule has 90 valence electrons. The smallest absolute Gasteiger partial charge is 0.0948 e. The Morgan fingerprint density at radius 1 is 1.00 bits per heavy atom. The fourth-order valence-electron chi connectivity index (χ4n) is 2.05. The molecule has 0 aliphatic rings. The van der Waals surface area contributed by atoms with Crippen molar-refractivity contribution in [2.45, 2.75) is 19.1 Å². The van der Waals surface area contributed by atoms with Gasteiger partial charge in [-0.2, -0.15) is 0 Å². The van der Waals surface area contributed by atoms with Gasteiger partial charge in [-0.05, 0) is 37.4 Å². The van der Waals surface area contributed by atoms with Crippen LogP contribution in [0.15, 0.2) is 42.5 Å². The molecule has 0 aliphatic carbocycles. The van der Waals surface area contributed by atoms with E-state index < -0.39 is 6.10 Å². The molecule has 0 aliphatic heterocycles.